The van der Waals surface area contributed by atoms with Gasteiger partial charge >= 0.3 is 0 Å². The van der Waals surface area contributed by atoms with Gasteiger partial charge in [0.25, 0.3) is 0 Å². The highest BCUT2D eigenvalue weighted by atomic mass is 19.1. The van der Waals surface area contributed by atoms with E-state index in [4.69, 9.17) is 4.98 Å². The molecule has 10 heteroatoms. The standard InChI is InChI=1S/C31H46FN7O2/c1-5-10-38-17-26-25(15-27(38)31(41)39-11-9-20(16-39)37(3)4)33-30(34-26)29-21-8-7-19(12-24(21)35-36-29)22-14-23(32)28(40)13-18(22)6-2/h13-14,19-21,24,27,29,35-36,40H,5-12,15-17H2,1-4H3,(H,33,34)/t19?,20-,21?,24?,27+,29?/m0/s1. The van der Waals surface area contributed by atoms with Crippen molar-refractivity contribution in [3.05, 3.63) is 46.3 Å². The molecule has 0 radical (unpaired) electrons. The van der Waals surface area contributed by atoms with Crippen molar-refractivity contribution in [3.8, 4) is 5.75 Å². The van der Waals surface area contributed by atoms with Gasteiger partial charge in [-0.25, -0.2) is 14.8 Å². The van der Waals surface area contributed by atoms with Crippen molar-refractivity contribution < 1.29 is 14.3 Å². The number of likely N-dealkylation sites (tertiary alicyclic amines) is 1. The van der Waals surface area contributed by atoms with Crippen molar-refractivity contribution in [1.29, 1.82) is 0 Å². The molecule has 9 nitrogen and oxygen atoms in total. The number of H-pyrrole nitrogens is 1. The minimum atomic E-state index is -0.535. The minimum absolute atomic E-state index is 0.0713. The lowest BCUT2D eigenvalue weighted by Crippen LogP contribution is -2.51. The van der Waals surface area contributed by atoms with Gasteiger partial charge in [0, 0.05) is 38.1 Å². The highest BCUT2D eigenvalue weighted by Gasteiger charge is 2.44. The maximum absolute atomic E-state index is 14.3. The van der Waals surface area contributed by atoms with E-state index in [2.05, 4.69) is 58.5 Å². The van der Waals surface area contributed by atoms with E-state index in [1.165, 1.54) is 0 Å². The Morgan fingerprint density at radius 3 is 2.76 bits per heavy atom. The summed E-state index contributed by atoms with van der Waals surface area (Å²) in [5, 5.41) is 9.88. The molecule has 0 spiro atoms. The number of carbonyl (C=O) groups is 1. The van der Waals surface area contributed by atoms with Gasteiger partial charge in [0.15, 0.2) is 11.6 Å². The summed E-state index contributed by atoms with van der Waals surface area (Å²) in [6, 6.07) is 3.74. The Bertz CT molecular complexity index is 1270. The van der Waals surface area contributed by atoms with Crippen molar-refractivity contribution in [3.63, 3.8) is 0 Å². The molecule has 41 heavy (non-hydrogen) atoms. The number of phenols is 1. The fourth-order valence-corrected chi connectivity index (χ4v) is 7.80. The lowest BCUT2D eigenvalue weighted by Gasteiger charge is -2.36. The van der Waals surface area contributed by atoms with E-state index < -0.39 is 5.82 Å². The van der Waals surface area contributed by atoms with Crippen molar-refractivity contribution in [2.24, 2.45) is 5.92 Å². The third-order valence-corrected chi connectivity index (χ3v) is 10.2. The highest BCUT2D eigenvalue weighted by Crippen LogP contribution is 2.44. The number of aromatic amines is 1. The summed E-state index contributed by atoms with van der Waals surface area (Å²) in [6.45, 7) is 7.47. The van der Waals surface area contributed by atoms with Crippen molar-refractivity contribution in [1.82, 2.24) is 35.5 Å². The van der Waals surface area contributed by atoms with Crippen LogP contribution in [0.2, 0.25) is 0 Å². The zero-order valence-electron chi connectivity index (χ0n) is 24.9. The first-order valence-corrected chi connectivity index (χ1v) is 15.6. The van der Waals surface area contributed by atoms with E-state index in [1.54, 1.807) is 12.1 Å². The van der Waals surface area contributed by atoms with E-state index in [0.29, 0.717) is 18.4 Å². The van der Waals surface area contributed by atoms with Crippen LogP contribution < -0.4 is 10.9 Å². The fraction of sp³-hybridized carbons (Fsp3) is 0.677. The van der Waals surface area contributed by atoms with Crippen LogP contribution in [0.3, 0.4) is 0 Å². The van der Waals surface area contributed by atoms with Crippen LogP contribution in [-0.4, -0.2) is 87.5 Å². The van der Waals surface area contributed by atoms with Gasteiger partial charge in [0.1, 0.15) is 5.82 Å². The third kappa shape index (κ3) is 5.40. The molecule has 1 saturated carbocycles. The zero-order chi connectivity index (χ0) is 28.8. The topological polar surface area (TPSA) is 99.8 Å². The molecule has 1 amide bonds. The van der Waals surface area contributed by atoms with Gasteiger partial charge in [0.2, 0.25) is 5.91 Å². The second kappa shape index (κ2) is 11.6. The Kier molecular flexibility index (Phi) is 8.11. The summed E-state index contributed by atoms with van der Waals surface area (Å²) in [5.74, 6) is 1.04. The molecule has 4 unspecified atom stereocenters. The number of aromatic nitrogens is 2. The minimum Gasteiger partial charge on any atom is -0.505 e. The summed E-state index contributed by atoms with van der Waals surface area (Å²) in [4.78, 5) is 29.1. The molecule has 3 aliphatic heterocycles. The van der Waals surface area contributed by atoms with E-state index >= 15 is 0 Å². The van der Waals surface area contributed by atoms with Crippen LogP contribution >= 0.6 is 0 Å². The van der Waals surface area contributed by atoms with Crippen molar-refractivity contribution >= 4 is 5.91 Å². The molecule has 6 rings (SSSR count). The molecule has 4 N–H and O–H groups in total. The average Bonchev–Trinajstić information content (AvgIpc) is 3.71. The quantitative estimate of drug-likeness (QED) is 0.408. The summed E-state index contributed by atoms with van der Waals surface area (Å²) in [6.07, 6.45) is 6.34. The van der Waals surface area contributed by atoms with Crippen molar-refractivity contribution in [2.75, 3.05) is 33.7 Å². The Balaban J connectivity index is 1.16. The Morgan fingerprint density at radius 2 is 2.02 bits per heavy atom. The second-order valence-corrected chi connectivity index (χ2v) is 12.8. The maximum atomic E-state index is 14.3. The number of rotatable bonds is 7. The van der Waals surface area contributed by atoms with Crippen LogP contribution in [0, 0.1) is 11.7 Å². The number of halogens is 1. The van der Waals surface area contributed by atoms with E-state index in [1.807, 2.05) is 0 Å². The van der Waals surface area contributed by atoms with Gasteiger partial charge in [-0.15, -0.1) is 0 Å². The van der Waals surface area contributed by atoms with E-state index in [9.17, 15) is 14.3 Å². The molecule has 3 fully saturated rings. The number of nitrogens with zero attached hydrogens (tertiary/aromatic N) is 4. The van der Waals surface area contributed by atoms with Crippen molar-refractivity contribution in [2.45, 2.75) is 95.4 Å². The second-order valence-electron chi connectivity index (χ2n) is 12.8. The molecule has 224 valence electrons. The Labute approximate surface area is 242 Å². The number of carbonyl (C=O) groups excluding carboxylic acids is 1. The molecule has 2 aromatic rings. The number of phenolic OH excluding ortho intramolecular Hbond substituents is 1. The third-order valence-electron chi connectivity index (χ3n) is 10.2. The van der Waals surface area contributed by atoms with E-state index in [0.717, 1.165) is 93.0 Å². The van der Waals surface area contributed by atoms with Gasteiger partial charge in [-0.1, -0.05) is 13.8 Å². The number of hydrogen-bond acceptors (Lipinski definition) is 7. The van der Waals surface area contributed by atoms with Gasteiger partial charge < -0.3 is 19.9 Å². The van der Waals surface area contributed by atoms with E-state index in [-0.39, 0.29) is 35.7 Å². The lowest BCUT2D eigenvalue weighted by atomic mass is 9.73. The molecular formula is C31H46FN7O2. The van der Waals surface area contributed by atoms with Gasteiger partial charge in [-0.3, -0.25) is 15.1 Å². The van der Waals surface area contributed by atoms with Gasteiger partial charge in [0.05, 0.1) is 23.5 Å². The monoisotopic (exact) mass is 567 g/mol. The number of likely N-dealkylation sites (N-methyl/N-ethyl adjacent to an activating group) is 1. The van der Waals surface area contributed by atoms with Crippen LogP contribution in [0.5, 0.6) is 5.75 Å². The van der Waals surface area contributed by atoms with Crippen LogP contribution in [-0.2, 0) is 24.2 Å². The van der Waals surface area contributed by atoms with Gasteiger partial charge in [-0.2, -0.15) is 0 Å². The molecule has 4 heterocycles. The Hall–Kier alpha value is -2.53. The van der Waals surface area contributed by atoms with Crippen LogP contribution in [0.4, 0.5) is 4.39 Å². The predicted molar refractivity (Wildman–Crippen MR) is 156 cm³/mol. The number of aromatic hydroxyl groups is 1. The number of imidazole rings is 1. The Morgan fingerprint density at radius 1 is 1.20 bits per heavy atom. The first kappa shape index (κ1) is 28.6. The largest absolute Gasteiger partial charge is 0.505 e. The number of aryl methyl sites for hydroxylation is 1. The first-order chi connectivity index (χ1) is 19.8. The fourth-order valence-electron chi connectivity index (χ4n) is 7.80. The SMILES string of the molecule is CCCN1Cc2[nH]c(C3NNC4CC(c5cc(F)c(O)cc5CC)CCC43)nc2C[C@@H]1C(=O)N1CC[C@H](N(C)C)C1. The normalized spacial score (nSPS) is 30.1. The first-order valence-electron chi connectivity index (χ1n) is 15.6. The summed E-state index contributed by atoms with van der Waals surface area (Å²) in [7, 11) is 4.19. The summed E-state index contributed by atoms with van der Waals surface area (Å²) < 4.78 is 14.3. The predicted octanol–water partition coefficient (Wildman–Crippen LogP) is 3.22. The number of benzene rings is 1. The van der Waals surface area contributed by atoms with Gasteiger partial charge in [-0.05, 0) is 94.3 Å². The highest BCUT2D eigenvalue weighted by molar-refractivity contribution is 5.83. The molecule has 1 aliphatic carbocycles. The smallest absolute Gasteiger partial charge is 0.240 e. The maximum Gasteiger partial charge on any atom is 0.240 e. The molecule has 2 saturated heterocycles. The molecule has 4 aliphatic rings. The summed E-state index contributed by atoms with van der Waals surface area (Å²) >= 11 is 0. The van der Waals surface area contributed by atoms with Crippen LogP contribution in [0.25, 0.3) is 0 Å². The number of nitrogens with one attached hydrogen (secondary N) is 3. The number of hydrazine groups is 1. The molecule has 1 aromatic carbocycles. The molecular weight excluding hydrogens is 521 g/mol. The average molecular weight is 568 g/mol. The van der Waals surface area contributed by atoms with Crippen LogP contribution in [0.1, 0.15) is 86.3 Å². The molecule has 0 bridgehead atoms. The summed E-state index contributed by atoms with van der Waals surface area (Å²) in [5.41, 5.74) is 11.3. The zero-order valence-corrected chi connectivity index (χ0v) is 24.9. The lowest BCUT2D eigenvalue weighted by molar-refractivity contribution is -0.136. The van der Waals surface area contributed by atoms with Crippen LogP contribution in [0.15, 0.2) is 12.1 Å². The number of fused-ring (bicyclic) bond motifs is 2. The number of hydrogen-bond donors (Lipinski definition) is 4. The molecule has 1 aromatic heterocycles. The molecule has 6 atom stereocenters. The number of amides is 1.